The second-order valence-electron chi connectivity index (χ2n) is 3.06. The highest BCUT2D eigenvalue weighted by Crippen LogP contribution is 2.37. The van der Waals surface area contributed by atoms with E-state index in [2.05, 4.69) is 0 Å². The summed E-state index contributed by atoms with van der Waals surface area (Å²) in [6.07, 6.45) is 1.35. The summed E-state index contributed by atoms with van der Waals surface area (Å²) >= 11 is 0. The molecule has 0 unspecified atom stereocenters. The Kier molecular flexibility index (Phi) is 8.20. The molecule has 0 amide bonds. The van der Waals surface area contributed by atoms with Gasteiger partial charge in [-0.1, -0.05) is 0 Å². The maximum absolute atomic E-state index is 9.66. The van der Waals surface area contributed by atoms with E-state index in [0.29, 0.717) is 11.3 Å². The molecule has 0 radical (unpaired) electrons. The molecule has 102 valence electrons. The van der Waals surface area contributed by atoms with Crippen LogP contribution in [0.15, 0.2) is 17.7 Å². The Morgan fingerprint density at radius 2 is 1.74 bits per heavy atom. The number of aromatic hydroxyl groups is 1. The van der Waals surface area contributed by atoms with Crippen molar-refractivity contribution in [1.82, 2.24) is 0 Å². The summed E-state index contributed by atoms with van der Waals surface area (Å²) < 4.78 is 9.98. The average molecular weight is 266 g/mol. The normalized spacial score (nSPS) is 7.79. The molecule has 0 bridgehead atoms. The summed E-state index contributed by atoms with van der Waals surface area (Å²) in [5, 5.41) is 26.9. The zero-order valence-corrected chi connectivity index (χ0v) is 10.4. The molecule has 0 aliphatic carbocycles. The Hall–Kier alpha value is -2.74. The van der Waals surface area contributed by atoms with E-state index in [9.17, 15) is 5.11 Å². The van der Waals surface area contributed by atoms with Crippen LogP contribution in [0.5, 0.6) is 17.2 Å². The summed E-state index contributed by atoms with van der Waals surface area (Å²) in [6, 6.07) is 6.41. The van der Waals surface area contributed by atoms with Gasteiger partial charge in [0.1, 0.15) is 17.7 Å². The third-order valence-electron chi connectivity index (χ3n) is 2.03. The van der Waals surface area contributed by atoms with Crippen molar-refractivity contribution in [3.8, 4) is 29.4 Å². The van der Waals surface area contributed by atoms with Gasteiger partial charge in [0.15, 0.2) is 11.5 Å². The van der Waals surface area contributed by atoms with Gasteiger partial charge in [0, 0.05) is 0 Å². The molecule has 0 spiro atoms. The Labute approximate surface area is 110 Å². The average Bonchev–Trinajstić information content (AvgIpc) is 2.35. The number of phenolic OH excluding ortho intramolecular Hbond substituents is 1. The van der Waals surface area contributed by atoms with E-state index in [1.54, 1.807) is 18.2 Å². The zero-order valence-electron chi connectivity index (χ0n) is 10.4. The van der Waals surface area contributed by atoms with E-state index in [1.807, 2.05) is 0 Å². The number of benzene rings is 1. The van der Waals surface area contributed by atoms with Gasteiger partial charge in [-0.3, -0.25) is 0 Å². The predicted molar refractivity (Wildman–Crippen MR) is 67.6 cm³/mol. The Bertz CT molecular complexity index is 524. The van der Waals surface area contributed by atoms with Crippen LogP contribution in [0.4, 0.5) is 0 Å². The van der Waals surface area contributed by atoms with Crippen molar-refractivity contribution in [3.05, 3.63) is 23.3 Å². The van der Waals surface area contributed by atoms with Gasteiger partial charge in [0.25, 0.3) is 0 Å². The molecule has 0 atom stereocenters. The van der Waals surface area contributed by atoms with E-state index in [0.717, 1.165) is 0 Å². The summed E-state index contributed by atoms with van der Waals surface area (Å²) in [6.45, 7) is 0. The van der Waals surface area contributed by atoms with Crippen molar-refractivity contribution < 1.29 is 25.5 Å². The van der Waals surface area contributed by atoms with Gasteiger partial charge < -0.3 is 25.5 Å². The van der Waals surface area contributed by atoms with Crippen LogP contribution in [0.2, 0.25) is 0 Å². The number of methoxy groups -OCH3 is 2. The van der Waals surface area contributed by atoms with Crippen molar-refractivity contribution in [2.45, 2.75) is 0 Å². The van der Waals surface area contributed by atoms with Crippen LogP contribution in [0.3, 0.4) is 0 Å². The highest BCUT2D eigenvalue weighted by molar-refractivity contribution is 5.67. The molecule has 1 aromatic rings. The Balaban J connectivity index is 0. The number of hydrogen-bond acceptors (Lipinski definition) is 5. The monoisotopic (exact) mass is 266 g/mol. The number of allylic oxidation sites excluding steroid dienone is 1. The van der Waals surface area contributed by atoms with Crippen LogP contribution in [0, 0.1) is 22.7 Å². The van der Waals surface area contributed by atoms with Crippen molar-refractivity contribution in [1.29, 1.82) is 10.5 Å². The lowest BCUT2D eigenvalue weighted by Crippen LogP contribution is -1.91. The summed E-state index contributed by atoms with van der Waals surface area (Å²) in [5.74, 6) is 0.419. The second kappa shape index (κ2) is 8.37. The van der Waals surface area contributed by atoms with Crippen molar-refractivity contribution in [3.63, 3.8) is 0 Å². The van der Waals surface area contributed by atoms with Crippen LogP contribution in [0.1, 0.15) is 5.56 Å². The van der Waals surface area contributed by atoms with Gasteiger partial charge in [0.2, 0.25) is 5.75 Å². The quantitative estimate of drug-likeness (QED) is 0.774. The van der Waals surface area contributed by atoms with Gasteiger partial charge in [-0.15, -0.1) is 0 Å². The molecule has 19 heavy (non-hydrogen) atoms. The van der Waals surface area contributed by atoms with Crippen LogP contribution in [0.25, 0.3) is 6.08 Å². The molecule has 0 heterocycles. The lowest BCUT2D eigenvalue weighted by molar-refractivity contribution is 0.333. The fourth-order valence-corrected chi connectivity index (χ4v) is 1.30. The predicted octanol–water partition coefficient (Wildman–Crippen LogP) is 0.191. The van der Waals surface area contributed by atoms with E-state index in [4.69, 9.17) is 20.0 Å². The molecule has 7 nitrogen and oxygen atoms in total. The van der Waals surface area contributed by atoms with E-state index in [-0.39, 0.29) is 28.0 Å². The number of phenols is 1. The first kappa shape index (κ1) is 18.6. The lowest BCUT2D eigenvalue weighted by Gasteiger charge is -2.10. The van der Waals surface area contributed by atoms with Gasteiger partial charge in [0.05, 0.1) is 14.2 Å². The Morgan fingerprint density at radius 3 is 2.16 bits per heavy atom. The number of hydrogen-bond donors (Lipinski definition) is 1. The van der Waals surface area contributed by atoms with Gasteiger partial charge in [-0.2, -0.15) is 10.5 Å². The number of nitriles is 2. The molecule has 5 N–H and O–H groups in total. The second-order valence-corrected chi connectivity index (χ2v) is 3.06. The number of rotatable bonds is 3. The SMILES string of the molecule is COc1cc(C=C(C#N)C#N)cc(O)c1OC.O.O. The Morgan fingerprint density at radius 1 is 1.16 bits per heavy atom. The molecule has 0 fully saturated rings. The molecule has 1 rings (SSSR count). The smallest absolute Gasteiger partial charge is 0.203 e. The topological polar surface area (TPSA) is 149 Å². The fraction of sp³-hybridized carbons (Fsp3) is 0.167. The van der Waals surface area contributed by atoms with Crippen LogP contribution in [-0.2, 0) is 0 Å². The largest absolute Gasteiger partial charge is 0.504 e. The molecule has 0 saturated carbocycles. The van der Waals surface area contributed by atoms with Gasteiger partial charge in [-0.05, 0) is 23.8 Å². The van der Waals surface area contributed by atoms with Crippen LogP contribution >= 0.6 is 0 Å². The summed E-state index contributed by atoms with van der Waals surface area (Å²) in [5.41, 5.74) is 0.426. The van der Waals surface area contributed by atoms with Crippen LogP contribution < -0.4 is 9.47 Å². The third-order valence-corrected chi connectivity index (χ3v) is 2.03. The minimum atomic E-state index is -0.117. The minimum absolute atomic E-state index is 0. The maximum atomic E-state index is 9.66. The number of nitrogens with zero attached hydrogens (tertiary/aromatic N) is 2. The summed E-state index contributed by atoms with van der Waals surface area (Å²) in [7, 11) is 2.84. The van der Waals surface area contributed by atoms with E-state index >= 15 is 0 Å². The standard InChI is InChI=1S/C12H10N2O3.2H2O/c1-16-11-5-8(3-9(6-13)7-14)4-10(15)12(11)17-2;;/h3-5,15H,1-2H3;2*1H2. The first-order chi connectivity index (χ1) is 8.15. The molecule has 0 saturated heterocycles. The molecular weight excluding hydrogens is 252 g/mol. The molecule has 0 aliphatic rings. The zero-order chi connectivity index (χ0) is 12.8. The van der Waals surface area contributed by atoms with E-state index < -0.39 is 0 Å². The van der Waals surface area contributed by atoms with Crippen LogP contribution in [-0.4, -0.2) is 30.3 Å². The lowest BCUT2D eigenvalue weighted by atomic mass is 10.1. The third kappa shape index (κ3) is 4.21. The molecule has 0 aliphatic heterocycles. The first-order valence-electron chi connectivity index (χ1n) is 4.63. The molecule has 7 heteroatoms. The van der Waals surface area contributed by atoms with E-state index in [1.165, 1.54) is 26.4 Å². The van der Waals surface area contributed by atoms with Crippen molar-refractivity contribution in [2.24, 2.45) is 0 Å². The maximum Gasteiger partial charge on any atom is 0.203 e. The first-order valence-corrected chi connectivity index (χ1v) is 4.63. The molecule has 0 aromatic heterocycles. The van der Waals surface area contributed by atoms with Gasteiger partial charge >= 0.3 is 0 Å². The number of ether oxygens (including phenoxy) is 2. The van der Waals surface area contributed by atoms with Gasteiger partial charge in [-0.25, -0.2) is 0 Å². The molecule has 1 aromatic carbocycles. The van der Waals surface area contributed by atoms with Crippen molar-refractivity contribution in [2.75, 3.05) is 14.2 Å². The fourth-order valence-electron chi connectivity index (χ4n) is 1.30. The highest BCUT2D eigenvalue weighted by Gasteiger charge is 2.10. The summed E-state index contributed by atoms with van der Waals surface area (Å²) in [4.78, 5) is 0. The minimum Gasteiger partial charge on any atom is -0.504 e. The van der Waals surface area contributed by atoms with Crippen molar-refractivity contribution >= 4 is 6.08 Å². The highest BCUT2D eigenvalue weighted by atomic mass is 16.5. The molecular formula is C12H14N2O5.